The minimum atomic E-state index is -0.905. The van der Waals surface area contributed by atoms with Gasteiger partial charge >= 0.3 is 5.97 Å². The lowest BCUT2D eigenvalue weighted by Crippen LogP contribution is -1.99. The standard InChI is InChI=1S/C13H12FNO2S/c1-7-3-4-10(14)9(5-7)13-15-8(2)11(18-13)6-12(16)17/h3-5H,6H2,1-2H3,(H,16,17). The summed E-state index contributed by atoms with van der Waals surface area (Å²) in [5, 5.41) is 9.31. The van der Waals surface area contributed by atoms with E-state index in [1.54, 1.807) is 19.1 Å². The summed E-state index contributed by atoms with van der Waals surface area (Å²) in [5.74, 6) is -1.24. The maximum Gasteiger partial charge on any atom is 0.308 e. The average molecular weight is 265 g/mol. The first-order valence-electron chi connectivity index (χ1n) is 5.42. The average Bonchev–Trinajstić information content (AvgIpc) is 2.63. The van der Waals surface area contributed by atoms with E-state index in [1.165, 1.54) is 17.4 Å². The molecule has 0 amide bonds. The molecular formula is C13H12FNO2S. The molecule has 0 atom stereocenters. The summed E-state index contributed by atoms with van der Waals surface area (Å²) in [4.78, 5) is 15.6. The van der Waals surface area contributed by atoms with E-state index in [9.17, 15) is 9.18 Å². The van der Waals surface area contributed by atoms with Crippen LogP contribution in [-0.4, -0.2) is 16.1 Å². The van der Waals surface area contributed by atoms with Crippen LogP contribution in [-0.2, 0) is 11.2 Å². The molecule has 1 N–H and O–H groups in total. The fraction of sp³-hybridized carbons (Fsp3) is 0.231. The van der Waals surface area contributed by atoms with Crippen LogP contribution in [0.3, 0.4) is 0 Å². The Labute approximate surface area is 108 Å². The Balaban J connectivity index is 2.45. The van der Waals surface area contributed by atoms with Crippen molar-refractivity contribution in [1.29, 1.82) is 0 Å². The van der Waals surface area contributed by atoms with Gasteiger partial charge in [-0.25, -0.2) is 9.37 Å². The molecule has 0 unspecified atom stereocenters. The Morgan fingerprint density at radius 2 is 2.17 bits per heavy atom. The van der Waals surface area contributed by atoms with Crippen LogP contribution in [0, 0.1) is 19.7 Å². The van der Waals surface area contributed by atoms with Gasteiger partial charge in [-0.3, -0.25) is 4.79 Å². The quantitative estimate of drug-likeness (QED) is 0.927. The number of aryl methyl sites for hydroxylation is 2. The molecule has 18 heavy (non-hydrogen) atoms. The number of aliphatic carboxylic acids is 1. The zero-order valence-corrected chi connectivity index (χ0v) is 10.8. The minimum Gasteiger partial charge on any atom is -0.481 e. The zero-order valence-electron chi connectivity index (χ0n) is 10.0. The number of thiazole rings is 1. The van der Waals surface area contributed by atoms with Crippen molar-refractivity contribution in [3.05, 3.63) is 40.2 Å². The number of carbonyl (C=O) groups is 1. The normalized spacial score (nSPS) is 10.6. The first kappa shape index (κ1) is 12.7. The predicted molar refractivity (Wildman–Crippen MR) is 68.3 cm³/mol. The van der Waals surface area contributed by atoms with Crippen molar-refractivity contribution in [1.82, 2.24) is 4.98 Å². The third-order valence-electron chi connectivity index (χ3n) is 2.56. The highest BCUT2D eigenvalue weighted by molar-refractivity contribution is 7.15. The summed E-state index contributed by atoms with van der Waals surface area (Å²) in [6.07, 6.45) is -0.0725. The zero-order chi connectivity index (χ0) is 13.3. The van der Waals surface area contributed by atoms with Crippen LogP contribution < -0.4 is 0 Å². The molecule has 0 bridgehead atoms. The number of halogens is 1. The van der Waals surface area contributed by atoms with Crippen LogP contribution in [0.25, 0.3) is 10.6 Å². The monoisotopic (exact) mass is 265 g/mol. The first-order valence-corrected chi connectivity index (χ1v) is 6.23. The highest BCUT2D eigenvalue weighted by Gasteiger charge is 2.14. The van der Waals surface area contributed by atoms with Crippen molar-refractivity contribution in [2.45, 2.75) is 20.3 Å². The highest BCUT2D eigenvalue weighted by atomic mass is 32.1. The molecule has 1 aromatic carbocycles. The molecule has 0 saturated carbocycles. The summed E-state index contributed by atoms with van der Waals surface area (Å²) in [6.45, 7) is 3.62. The first-order chi connectivity index (χ1) is 8.47. The van der Waals surface area contributed by atoms with E-state index < -0.39 is 5.97 Å². The van der Waals surface area contributed by atoms with Crippen LogP contribution in [0.1, 0.15) is 16.1 Å². The molecule has 0 spiro atoms. The molecule has 1 aromatic heterocycles. The Morgan fingerprint density at radius 1 is 1.44 bits per heavy atom. The van der Waals surface area contributed by atoms with Crippen molar-refractivity contribution in [2.75, 3.05) is 0 Å². The molecule has 0 fully saturated rings. The Hall–Kier alpha value is -1.75. The molecule has 3 nitrogen and oxygen atoms in total. The maximum absolute atomic E-state index is 13.7. The van der Waals surface area contributed by atoms with Gasteiger partial charge in [0.1, 0.15) is 10.8 Å². The van der Waals surface area contributed by atoms with Crippen LogP contribution in [0.4, 0.5) is 4.39 Å². The Kier molecular flexibility index (Phi) is 3.43. The molecule has 94 valence electrons. The number of rotatable bonds is 3. The SMILES string of the molecule is Cc1ccc(F)c(-c2nc(C)c(CC(=O)O)s2)c1. The molecule has 2 rings (SSSR count). The smallest absolute Gasteiger partial charge is 0.308 e. The fourth-order valence-corrected chi connectivity index (χ4v) is 2.72. The number of nitrogens with zero attached hydrogens (tertiary/aromatic N) is 1. The maximum atomic E-state index is 13.7. The third kappa shape index (κ3) is 2.56. The molecule has 0 saturated heterocycles. The van der Waals surface area contributed by atoms with E-state index >= 15 is 0 Å². The lowest BCUT2D eigenvalue weighted by atomic mass is 10.1. The van der Waals surface area contributed by atoms with Crippen LogP contribution in [0.15, 0.2) is 18.2 Å². The van der Waals surface area contributed by atoms with E-state index in [1.807, 2.05) is 6.92 Å². The van der Waals surface area contributed by atoms with Gasteiger partial charge in [0.05, 0.1) is 12.1 Å². The lowest BCUT2D eigenvalue weighted by Gasteiger charge is -2.00. The van der Waals surface area contributed by atoms with Gasteiger partial charge in [0.15, 0.2) is 0 Å². The third-order valence-corrected chi connectivity index (χ3v) is 3.75. The largest absolute Gasteiger partial charge is 0.481 e. The second-order valence-electron chi connectivity index (χ2n) is 4.08. The van der Waals surface area contributed by atoms with E-state index in [0.29, 0.717) is 21.1 Å². The van der Waals surface area contributed by atoms with Gasteiger partial charge in [-0.1, -0.05) is 11.6 Å². The van der Waals surface area contributed by atoms with Gasteiger partial charge in [0.2, 0.25) is 0 Å². The Bertz CT molecular complexity index is 607. The van der Waals surface area contributed by atoms with Crippen LogP contribution in [0.2, 0.25) is 0 Å². The summed E-state index contributed by atoms with van der Waals surface area (Å²) in [7, 11) is 0. The van der Waals surface area contributed by atoms with Crippen molar-refractivity contribution in [3.63, 3.8) is 0 Å². The summed E-state index contributed by atoms with van der Waals surface area (Å²) in [5.41, 5.74) is 2.03. The highest BCUT2D eigenvalue weighted by Crippen LogP contribution is 2.30. The van der Waals surface area contributed by atoms with E-state index in [-0.39, 0.29) is 12.2 Å². The Morgan fingerprint density at radius 3 is 2.83 bits per heavy atom. The van der Waals surface area contributed by atoms with E-state index in [4.69, 9.17) is 5.11 Å². The van der Waals surface area contributed by atoms with Gasteiger partial charge in [-0.05, 0) is 26.0 Å². The summed E-state index contributed by atoms with van der Waals surface area (Å²) < 4.78 is 13.7. The number of hydrogen-bond acceptors (Lipinski definition) is 3. The molecule has 2 aromatic rings. The predicted octanol–water partition coefficient (Wildman–Crippen LogP) is 3.19. The van der Waals surface area contributed by atoms with E-state index in [2.05, 4.69) is 4.98 Å². The van der Waals surface area contributed by atoms with Crippen molar-refractivity contribution in [3.8, 4) is 10.6 Å². The van der Waals surface area contributed by atoms with Crippen molar-refractivity contribution < 1.29 is 14.3 Å². The van der Waals surface area contributed by atoms with Crippen LogP contribution in [0.5, 0.6) is 0 Å². The molecule has 0 aliphatic carbocycles. The van der Waals surface area contributed by atoms with Crippen LogP contribution >= 0.6 is 11.3 Å². The number of carboxylic acid groups (broad SMARTS) is 1. The molecule has 0 aliphatic heterocycles. The lowest BCUT2D eigenvalue weighted by molar-refractivity contribution is -0.136. The van der Waals surface area contributed by atoms with Gasteiger partial charge in [0, 0.05) is 10.4 Å². The van der Waals surface area contributed by atoms with Crippen molar-refractivity contribution in [2.24, 2.45) is 0 Å². The molecule has 1 heterocycles. The van der Waals surface area contributed by atoms with Gasteiger partial charge < -0.3 is 5.11 Å². The number of hydrogen-bond donors (Lipinski definition) is 1. The molecular weight excluding hydrogens is 253 g/mol. The second-order valence-corrected chi connectivity index (χ2v) is 5.17. The molecule has 0 radical (unpaired) electrons. The fourth-order valence-electron chi connectivity index (χ4n) is 1.65. The second kappa shape index (κ2) is 4.86. The topological polar surface area (TPSA) is 50.2 Å². The molecule has 5 heteroatoms. The summed E-state index contributed by atoms with van der Waals surface area (Å²) in [6, 6.07) is 4.81. The van der Waals surface area contributed by atoms with E-state index in [0.717, 1.165) is 5.56 Å². The van der Waals surface area contributed by atoms with Gasteiger partial charge in [-0.2, -0.15) is 0 Å². The van der Waals surface area contributed by atoms with Crippen molar-refractivity contribution >= 4 is 17.3 Å². The minimum absolute atomic E-state index is 0.0725. The van der Waals surface area contributed by atoms with Gasteiger partial charge in [0.25, 0.3) is 0 Å². The molecule has 0 aliphatic rings. The number of benzene rings is 1. The number of carboxylic acids is 1. The van der Waals surface area contributed by atoms with Gasteiger partial charge in [-0.15, -0.1) is 11.3 Å². The summed E-state index contributed by atoms with van der Waals surface area (Å²) >= 11 is 1.23. The number of aromatic nitrogens is 1.